The Bertz CT molecular complexity index is 1330. The Morgan fingerprint density at radius 3 is 2.56 bits per heavy atom. The molecule has 0 aliphatic carbocycles. The highest BCUT2D eigenvalue weighted by Crippen LogP contribution is 2.30. The molecule has 0 aliphatic rings. The zero-order chi connectivity index (χ0) is 26.1. The molecule has 1 amide bonds. The maximum Gasteiger partial charge on any atom is 0.275 e. The van der Waals surface area contributed by atoms with Crippen molar-refractivity contribution < 1.29 is 9.53 Å². The van der Waals surface area contributed by atoms with Crippen molar-refractivity contribution in [1.29, 1.82) is 0 Å². The second-order valence-corrected chi connectivity index (χ2v) is 7.84. The van der Waals surface area contributed by atoms with Crippen LogP contribution in [0.5, 0.6) is 11.5 Å². The zero-order valence-corrected chi connectivity index (χ0v) is 21.4. The Labute approximate surface area is 212 Å². The van der Waals surface area contributed by atoms with E-state index in [0.29, 0.717) is 29.6 Å². The van der Waals surface area contributed by atoms with Crippen LogP contribution < -0.4 is 15.4 Å². The molecular formula is C28H32N6O2. The molecule has 4 aromatic rings. The lowest BCUT2D eigenvalue weighted by Gasteiger charge is -2.16. The van der Waals surface area contributed by atoms with Crippen molar-refractivity contribution in [2.24, 2.45) is 7.05 Å². The summed E-state index contributed by atoms with van der Waals surface area (Å²) in [5, 5.41) is 10.1. The first kappa shape index (κ1) is 26.2. The molecule has 3 heterocycles. The van der Waals surface area contributed by atoms with Crippen molar-refractivity contribution in [2.75, 3.05) is 5.32 Å². The number of nitrogens with zero attached hydrogens (tertiary/aromatic N) is 4. The summed E-state index contributed by atoms with van der Waals surface area (Å²) in [5.41, 5.74) is 5.19. The molecule has 4 rings (SSSR count). The number of hydrogen-bond acceptors (Lipinski definition) is 6. The van der Waals surface area contributed by atoms with Gasteiger partial charge in [-0.15, -0.1) is 0 Å². The summed E-state index contributed by atoms with van der Waals surface area (Å²) in [6.07, 6.45) is 5.01. The van der Waals surface area contributed by atoms with E-state index in [-0.39, 0.29) is 5.91 Å². The number of aromatic nitrogens is 4. The monoisotopic (exact) mass is 484 g/mol. The number of benzene rings is 1. The summed E-state index contributed by atoms with van der Waals surface area (Å²) < 4.78 is 7.63. The Kier molecular flexibility index (Phi) is 8.94. The number of amides is 1. The summed E-state index contributed by atoms with van der Waals surface area (Å²) in [6, 6.07) is 14.9. The smallest absolute Gasteiger partial charge is 0.275 e. The maximum atomic E-state index is 12.4. The first-order valence-corrected chi connectivity index (χ1v) is 11.8. The number of pyridine rings is 2. The van der Waals surface area contributed by atoms with Gasteiger partial charge in [0, 0.05) is 60.8 Å². The van der Waals surface area contributed by atoms with E-state index < -0.39 is 0 Å². The molecule has 0 radical (unpaired) electrons. The number of carbonyl (C=O) groups is 1. The lowest BCUT2D eigenvalue weighted by atomic mass is 10.1. The third-order valence-corrected chi connectivity index (χ3v) is 5.34. The van der Waals surface area contributed by atoms with Gasteiger partial charge in [-0.2, -0.15) is 5.10 Å². The number of aryl methyl sites for hydroxylation is 2. The van der Waals surface area contributed by atoms with Gasteiger partial charge in [0.15, 0.2) is 0 Å². The molecule has 1 aromatic carbocycles. The quantitative estimate of drug-likeness (QED) is 0.335. The summed E-state index contributed by atoms with van der Waals surface area (Å²) in [4.78, 5) is 21.0. The minimum absolute atomic E-state index is 0.297. The SMILES string of the molecule is C=C(NCc1ccc(C)nc1)c1cccc(Oc2ccnc(NC(=O)c3ccnn3C)c2)c1C.CC. The molecule has 36 heavy (non-hydrogen) atoms. The van der Waals surface area contributed by atoms with Gasteiger partial charge in [-0.3, -0.25) is 14.5 Å². The van der Waals surface area contributed by atoms with Gasteiger partial charge in [-0.25, -0.2) is 4.98 Å². The average molecular weight is 485 g/mol. The highest BCUT2D eigenvalue weighted by Gasteiger charge is 2.13. The van der Waals surface area contributed by atoms with Crippen LogP contribution in [0.3, 0.4) is 0 Å². The third kappa shape index (κ3) is 6.56. The van der Waals surface area contributed by atoms with Crippen molar-refractivity contribution in [1.82, 2.24) is 25.1 Å². The van der Waals surface area contributed by atoms with E-state index in [1.165, 1.54) is 4.68 Å². The molecule has 0 saturated carbocycles. The second-order valence-electron chi connectivity index (χ2n) is 7.84. The fourth-order valence-electron chi connectivity index (χ4n) is 3.41. The molecule has 0 spiro atoms. The minimum atomic E-state index is -0.297. The van der Waals surface area contributed by atoms with Crippen molar-refractivity contribution >= 4 is 17.4 Å². The van der Waals surface area contributed by atoms with E-state index in [0.717, 1.165) is 28.1 Å². The normalized spacial score (nSPS) is 10.1. The largest absolute Gasteiger partial charge is 0.457 e. The van der Waals surface area contributed by atoms with Gasteiger partial charge in [-0.05, 0) is 43.7 Å². The van der Waals surface area contributed by atoms with Crippen LogP contribution in [0.15, 0.2) is 73.7 Å². The van der Waals surface area contributed by atoms with Gasteiger partial charge in [0.2, 0.25) is 0 Å². The van der Waals surface area contributed by atoms with Gasteiger partial charge in [-0.1, -0.05) is 38.6 Å². The highest BCUT2D eigenvalue weighted by atomic mass is 16.5. The average Bonchev–Trinajstić information content (AvgIpc) is 3.32. The molecule has 0 saturated heterocycles. The molecule has 0 atom stereocenters. The molecule has 3 aromatic heterocycles. The summed E-state index contributed by atoms with van der Waals surface area (Å²) in [7, 11) is 1.71. The molecule has 0 aliphatic heterocycles. The van der Waals surface area contributed by atoms with Crippen LogP contribution in [0.4, 0.5) is 5.82 Å². The molecule has 0 fully saturated rings. The number of nitrogens with one attached hydrogen (secondary N) is 2. The van der Waals surface area contributed by atoms with Crippen LogP contribution in [0.1, 0.15) is 46.7 Å². The number of hydrogen-bond donors (Lipinski definition) is 2. The van der Waals surface area contributed by atoms with Gasteiger partial charge in [0.25, 0.3) is 5.91 Å². The van der Waals surface area contributed by atoms with Gasteiger partial charge in [0.1, 0.15) is 23.0 Å². The van der Waals surface area contributed by atoms with Crippen molar-refractivity contribution in [3.8, 4) is 11.5 Å². The lowest BCUT2D eigenvalue weighted by Crippen LogP contribution is -2.16. The number of ether oxygens (including phenoxy) is 1. The first-order valence-electron chi connectivity index (χ1n) is 11.8. The topological polar surface area (TPSA) is 94.0 Å². The lowest BCUT2D eigenvalue weighted by molar-refractivity contribution is 0.101. The van der Waals surface area contributed by atoms with E-state index in [2.05, 4.69) is 32.3 Å². The van der Waals surface area contributed by atoms with E-state index in [1.807, 2.05) is 64.2 Å². The van der Waals surface area contributed by atoms with E-state index in [9.17, 15) is 4.79 Å². The Hall–Kier alpha value is -4.46. The molecule has 186 valence electrons. The van der Waals surface area contributed by atoms with Crippen LogP contribution >= 0.6 is 0 Å². The van der Waals surface area contributed by atoms with E-state index in [1.54, 1.807) is 37.6 Å². The standard InChI is InChI=1S/C26H26N6O2.C2H6/c1-17-8-9-20(15-28-17)16-29-19(3)22-6-5-7-24(18(22)2)34-21-10-12-27-25(14-21)31-26(33)23-11-13-30-32(23)4;1-2/h5-15,29H,3,16H2,1-2,4H3,(H,27,31,33);1-2H3. The van der Waals surface area contributed by atoms with E-state index in [4.69, 9.17) is 4.74 Å². The zero-order valence-electron chi connectivity index (χ0n) is 21.4. The van der Waals surface area contributed by atoms with Gasteiger partial charge >= 0.3 is 0 Å². The summed E-state index contributed by atoms with van der Waals surface area (Å²) >= 11 is 0. The second kappa shape index (κ2) is 12.3. The number of carbonyl (C=O) groups excluding carboxylic acids is 1. The molecule has 8 heteroatoms. The Morgan fingerprint density at radius 1 is 1.06 bits per heavy atom. The third-order valence-electron chi connectivity index (χ3n) is 5.34. The fraction of sp³-hybridized carbons (Fsp3) is 0.214. The molecule has 0 bridgehead atoms. The molecule has 0 unspecified atom stereocenters. The Balaban J connectivity index is 0.00000176. The predicted molar refractivity (Wildman–Crippen MR) is 143 cm³/mol. The van der Waals surface area contributed by atoms with Crippen molar-refractivity contribution in [3.05, 3.63) is 102 Å². The number of rotatable bonds is 8. The first-order chi connectivity index (χ1) is 17.4. The molecular weight excluding hydrogens is 452 g/mol. The minimum Gasteiger partial charge on any atom is -0.457 e. The fourth-order valence-corrected chi connectivity index (χ4v) is 3.41. The Morgan fingerprint density at radius 2 is 1.86 bits per heavy atom. The van der Waals surface area contributed by atoms with Crippen LogP contribution in [-0.2, 0) is 13.6 Å². The van der Waals surface area contributed by atoms with E-state index >= 15 is 0 Å². The van der Waals surface area contributed by atoms with Gasteiger partial charge in [0.05, 0.1) is 0 Å². The van der Waals surface area contributed by atoms with Crippen molar-refractivity contribution in [3.63, 3.8) is 0 Å². The molecule has 8 nitrogen and oxygen atoms in total. The highest BCUT2D eigenvalue weighted by molar-refractivity contribution is 6.02. The number of anilines is 1. The summed E-state index contributed by atoms with van der Waals surface area (Å²) in [5.74, 6) is 1.33. The predicted octanol–water partition coefficient (Wildman–Crippen LogP) is 5.66. The summed E-state index contributed by atoms with van der Waals surface area (Å²) in [6.45, 7) is 12.8. The van der Waals surface area contributed by atoms with Gasteiger partial charge < -0.3 is 15.4 Å². The van der Waals surface area contributed by atoms with Crippen molar-refractivity contribution in [2.45, 2.75) is 34.2 Å². The van der Waals surface area contributed by atoms with Crippen LogP contribution in [0.2, 0.25) is 0 Å². The van der Waals surface area contributed by atoms with Crippen LogP contribution in [0.25, 0.3) is 5.70 Å². The van der Waals surface area contributed by atoms with Crippen LogP contribution in [-0.4, -0.2) is 25.7 Å². The molecule has 2 N–H and O–H groups in total. The van der Waals surface area contributed by atoms with Crippen LogP contribution in [0, 0.1) is 13.8 Å². The maximum absolute atomic E-state index is 12.4.